The van der Waals surface area contributed by atoms with E-state index >= 15 is 0 Å². The quantitative estimate of drug-likeness (QED) is 0.803. The molecule has 0 aromatic carbocycles. The Balaban J connectivity index is 2.39. The number of aromatic nitrogens is 2. The summed E-state index contributed by atoms with van der Waals surface area (Å²) in [6, 6.07) is 0. The normalized spacial score (nSPS) is 30.8. The first-order valence-electron chi connectivity index (χ1n) is 5.35. The van der Waals surface area contributed by atoms with Gasteiger partial charge in [-0.3, -0.25) is 4.68 Å². The molecule has 2 rings (SSSR count). The van der Waals surface area contributed by atoms with E-state index in [0.717, 1.165) is 25.0 Å². The van der Waals surface area contributed by atoms with Crippen molar-refractivity contribution in [2.24, 2.45) is 13.0 Å². The minimum Gasteiger partial charge on any atom is -0.493 e. The number of hydrogen-bond acceptors (Lipinski definition) is 3. The zero-order valence-corrected chi connectivity index (χ0v) is 9.53. The van der Waals surface area contributed by atoms with Crippen LogP contribution in [0.4, 0.5) is 0 Å². The summed E-state index contributed by atoms with van der Waals surface area (Å²) in [4.78, 5) is 0. The first-order chi connectivity index (χ1) is 7.07. The molecular weight excluding hydrogens is 192 g/mol. The van der Waals surface area contributed by atoms with Crippen LogP contribution in [-0.4, -0.2) is 22.0 Å². The number of hydrogen-bond donors (Lipinski definition) is 1. The van der Waals surface area contributed by atoms with Gasteiger partial charge in [0.25, 0.3) is 0 Å². The molecule has 1 aliphatic rings. The van der Waals surface area contributed by atoms with Crippen LogP contribution in [-0.2, 0) is 12.6 Å². The minimum absolute atomic E-state index is 0.564. The fourth-order valence-electron chi connectivity index (χ4n) is 2.58. The molecule has 4 heteroatoms. The molecule has 84 valence electrons. The summed E-state index contributed by atoms with van der Waals surface area (Å²) < 4.78 is 6.95. The largest absolute Gasteiger partial charge is 0.493 e. The highest BCUT2D eigenvalue weighted by Crippen LogP contribution is 2.44. The minimum atomic E-state index is -0.754. The van der Waals surface area contributed by atoms with Gasteiger partial charge in [-0.15, -0.1) is 0 Å². The maximum Gasteiger partial charge on any atom is 0.162 e. The number of methoxy groups -OCH3 is 1. The van der Waals surface area contributed by atoms with E-state index in [2.05, 4.69) is 12.0 Å². The van der Waals surface area contributed by atoms with Crippen molar-refractivity contribution < 1.29 is 9.84 Å². The molecule has 4 nitrogen and oxygen atoms in total. The lowest BCUT2D eigenvalue weighted by Gasteiger charge is -2.23. The van der Waals surface area contributed by atoms with Crippen LogP contribution >= 0.6 is 0 Å². The third-order valence-electron chi connectivity index (χ3n) is 3.30. The van der Waals surface area contributed by atoms with Crippen molar-refractivity contribution in [1.82, 2.24) is 9.78 Å². The molecule has 1 saturated carbocycles. The van der Waals surface area contributed by atoms with E-state index in [1.807, 2.05) is 7.05 Å². The molecule has 0 aliphatic heterocycles. The molecule has 1 aliphatic carbocycles. The summed E-state index contributed by atoms with van der Waals surface area (Å²) in [5.74, 6) is 1.25. The van der Waals surface area contributed by atoms with Crippen molar-refractivity contribution in [3.05, 3.63) is 11.9 Å². The fourth-order valence-corrected chi connectivity index (χ4v) is 2.58. The Hall–Kier alpha value is -1.03. The van der Waals surface area contributed by atoms with Crippen LogP contribution < -0.4 is 4.74 Å². The maximum atomic E-state index is 10.6. The highest BCUT2D eigenvalue weighted by atomic mass is 16.5. The number of aliphatic hydroxyl groups is 1. The van der Waals surface area contributed by atoms with Gasteiger partial charge in [-0.25, -0.2) is 0 Å². The molecule has 1 fully saturated rings. The third-order valence-corrected chi connectivity index (χ3v) is 3.30. The molecule has 1 aromatic rings. The standard InChI is InChI=1S/C11H18N2O2/c1-8-4-5-11(14,6-8)10-9(15-3)7-12-13(10)2/h7-8,14H,4-6H2,1-3H3. The summed E-state index contributed by atoms with van der Waals surface area (Å²) in [5.41, 5.74) is 0.0603. The molecule has 0 amide bonds. The number of ether oxygens (including phenoxy) is 1. The second-order valence-electron chi connectivity index (χ2n) is 4.56. The maximum absolute atomic E-state index is 10.6. The first-order valence-corrected chi connectivity index (χ1v) is 5.35. The van der Waals surface area contributed by atoms with Crippen LogP contribution in [0.25, 0.3) is 0 Å². The average Bonchev–Trinajstić information content (AvgIpc) is 2.71. The van der Waals surface area contributed by atoms with Crippen molar-refractivity contribution >= 4 is 0 Å². The summed E-state index contributed by atoms with van der Waals surface area (Å²) in [6.07, 6.45) is 4.31. The predicted molar refractivity (Wildman–Crippen MR) is 56.7 cm³/mol. The Bertz CT molecular complexity index is 361. The fraction of sp³-hybridized carbons (Fsp3) is 0.727. The monoisotopic (exact) mass is 210 g/mol. The van der Waals surface area contributed by atoms with Gasteiger partial charge in [-0.05, 0) is 25.2 Å². The molecule has 0 spiro atoms. The van der Waals surface area contributed by atoms with Gasteiger partial charge < -0.3 is 9.84 Å². The third kappa shape index (κ3) is 1.63. The zero-order valence-electron chi connectivity index (χ0n) is 9.53. The van der Waals surface area contributed by atoms with Crippen molar-refractivity contribution in [3.63, 3.8) is 0 Å². The van der Waals surface area contributed by atoms with Crippen LogP contribution in [0.3, 0.4) is 0 Å². The highest BCUT2D eigenvalue weighted by molar-refractivity contribution is 5.31. The molecule has 0 radical (unpaired) electrons. The smallest absolute Gasteiger partial charge is 0.162 e. The second-order valence-corrected chi connectivity index (χ2v) is 4.56. The Morgan fingerprint density at radius 3 is 2.93 bits per heavy atom. The SMILES string of the molecule is COc1cnn(C)c1C1(O)CCC(C)C1. The topological polar surface area (TPSA) is 47.3 Å². The van der Waals surface area contributed by atoms with Crippen LogP contribution in [0.1, 0.15) is 31.9 Å². The molecule has 0 bridgehead atoms. The van der Waals surface area contributed by atoms with Crippen molar-refractivity contribution in [3.8, 4) is 5.75 Å². The molecule has 1 N–H and O–H groups in total. The lowest BCUT2D eigenvalue weighted by molar-refractivity contribution is 0.0300. The molecule has 0 saturated heterocycles. The van der Waals surface area contributed by atoms with E-state index in [9.17, 15) is 5.11 Å². The number of rotatable bonds is 2. The Labute approximate surface area is 89.9 Å². The van der Waals surface area contributed by atoms with E-state index < -0.39 is 5.60 Å². The van der Waals surface area contributed by atoms with Gasteiger partial charge in [-0.1, -0.05) is 6.92 Å². The van der Waals surface area contributed by atoms with Crippen molar-refractivity contribution in [2.75, 3.05) is 7.11 Å². The molecular formula is C11H18N2O2. The van der Waals surface area contributed by atoms with E-state index in [-0.39, 0.29) is 0 Å². The van der Waals surface area contributed by atoms with Gasteiger partial charge in [0, 0.05) is 7.05 Å². The Morgan fingerprint density at radius 1 is 1.67 bits per heavy atom. The lowest BCUT2D eigenvalue weighted by Crippen LogP contribution is -2.25. The van der Waals surface area contributed by atoms with Crippen LogP contribution in [0.5, 0.6) is 5.75 Å². The van der Waals surface area contributed by atoms with Crippen LogP contribution in [0.2, 0.25) is 0 Å². The second kappa shape index (κ2) is 3.52. The summed E-state index contributed by atoms with van der Waals surface area (Å²) in [5, 5.41) is 14.7. The Kier molecular flexibility index (Phi) is 2.46. The van der Waals surface area contributed by atoms with Gasteiger partial charge >= 0.3 is 0 Å². The number of aryl methyl sites for hydroxylation is 1. The lowest BCUT2D eigenvalue weighted by atomic mass is 9.96. The van der Waals surface area contributed by atoms with Gasteiger partial charge in [0.15, 0.2) is 5.75 Å². The average molecular weight is 210 g/mol. The van der Waals surface area contributed by atoms with Crippen LogP contribution in [0, 0.1) is 5.92 Å². The van der Waals surface area contributed by atoms with E-state index in [1.54, 1.807) is 18.0 Å². The first kappa shape index (κ1) is 10.5. The van der Waals surface area contributed by atoms with Gasteiger partial charge in [-0.2, -0.15) is 5.10 Å². The molecule has 2 atom stereocenters. The van der Waals surface area contributed by atoms with Gasteiger partial charge in [0.05, 0.1) is 13.3 Å². The van der Waals surface area contributed by atoms with Crippen molar-refractivity contribution in [2.45, 2.75) is 31.8 Å². The van der Waals surface area contributed by atoms with Gasteiger partial charge in [0.2, 0.25) is 0 Å². The molecule has 2 unspecified atom stereocenters. The van der Waals surface area contributed by atoms with Crippen molar-refractivity contribution in [1.29, 1.82) is 0 Å². The zero-order chi connectivity index (χ0) is 11.1. The predicted octanol–water partition coefficient (Wildman–Crippen LogP) is 1.44. The van der Waals surface area contributed by atoms with E-state index in [1.165, 1.54) is 0 Å². The van der Waals surface area contributed by atoms with Gasteiger partial charge in [0.1, 0.15) is 11.3 Å². The molecule has 1 heterocycles. The Morgan fingerprint density at radius 2 is 2.40 bits per heavy atom. The number of nitrogens with zero attached hydrogens (tertiary/aromatic N) is 2. The summed E-state index contributed by atoms with van der Waals surface area (Å²) >= 11 is 0. The summed E-state index contributed by atoms with van der Waals surface area (Å²) in [7, 11) is 3.46. The molecule has 1 aromatic heterocycles. The van der Waals surface area contributed by atoms with Crippen LogP contribution in [0.15, 0.2) is 6.20 Å². The van der Waals surface area contributed by atoms with E-state index in [0.29, 0.717) is 11.7 Å². The molecule has 15 heavy (non-hydrogen) atoms. The summed E-state index contributed by atoms with van der Waals surface area (Å²) in [6.45, 7) is 2.17. The van der Waals surface area contributed by atoms with E-state index in [4.69, 9.17) is 4.74 Å². The highest BCUT2D eigenvalue weighted by Gasteiger charge is 2.41.